The molecule has 0 spiro atoms. The standard InChI is InChI=1S/C25H20O7/c1-28-17-9-7-16(8-10-17)20(26)14-30-18-11-12-19-23(13-18)31-15-24(25(19)27)32-22-6-4-3-5-21(22)29-2/h3-13,15H,14H2,1-2H3. The van der Waals surface area contributed by atoms with Gasteiger partial charge in [0.2, 0.25) is 11.2 Å². The molecule has 7 heteroatoms. The third-order valence-electron chi connectivity index (χ3n) is 4.79. The first-order chi connectivity index (χ1) is 15.6. The molecule has 162 valence electrons. The molecular weight excluding hydrogens is 412 g/mol. The van der Waals surface area contributed by atoms with Crippen LogP contribution in [-0.2, 0) is 0 Å². The maximum atomic E-state index is 12.8. The number of para-hydroxylation sites is 2. The Kier molecular flexibility index (Phi) is 6.07. The molecule has 0 saturated heterocycles. The van der Waals surface area contributed by atoms with Crippen molar-refractivity contribution in [3.63, 3.8) is 0 Å². The molecule has 4 aromatic rings. The van der Waals surface area contributed by atoms with Crippen molar-refractivity contribution in [1.82, 2.24) is 0 Å². The number of carbonyl (C=O) groups excluding carboxylic acids is 1. The molecule has 0 bridgehead atoms. The number of ether oxygens (including phenoxy) is 4. The predicted octanol–water partition coefficient (Wildman–Crippen LogP) is 4.86. The van der Waals surface area contributed by atoms with E-state index in [1.807, 2.05) is 0 Å². The highest BCUT2D eigenvalue weighted by molar-refractivity contribution is 5.97. The van der Waals surface area contributed by atoms with Crippen LogP contribution in [-0.4, -0.2) is 26.6 Å². The Bertz CT molecular complexity index is 1310. The fourth-order valence-corrected chi connectivity index (χ4v) is 3.08. The monoisotopic (exact) mass is 432 g/mol. The molecule has 0 amide bonds. The second-order valence-electron chi connectivity index (χ2n) is 6.78. The van der Waals surface area contributed by atoms with E-state index in [9.17, 15) is 9.59 Å². The maximum Gasteiger partial charge on any atom is 0.235 e. The number of Topliss-reactive ketones (excluding diaryl/α,β-unsaturated/α-hetero) is 1. The van der Waals surface area contributed by atoms with Crippen molar-refractivity contribution in [1.29, 1.82) is 0 Å². The van der Waals surface area contributed by atoms with Crippen molar-refractivity contribution in [3.05, 3.63) is 88.8 Å². The van der Waals surface area contributed by atoms with Gasteiger partial charge in [0, 0.05) is 11.6 Å². The summed E-state index contributed by atoms with van der Waals surface area (Å²) in [6.07, 6.45) is 1.24. The van der Waals surface area contributed by atoms with Crippen LogP contribution < -0.4 is 24.4 Å². The summed E-state index contributed by atoms with van der Waals surface area (Å²) in [5.41, 5.74) is 0.492. The highest BCUT2D eigenvalue weighted by Crippen LogP contribution is 2.30. The van der Waals surface area contributed by atoms with E-state index in [2.05, 4.69) is 0 Å². The normalized spacial score (nSPS) is 10.6. The van der Waals surface area contributed by atoms with Gasteiger partial charge in [-0.3, -0.25) is 9.59 Å². The molecule has 0 fully saturated rings. The number of benzene rings is 3. The zero-order valence-corrected chi connectivity index (χ0v) is 17.5. The van der Waals surface area contributed by atoms with Crippen LogP contribution in [0.1, 0.15) is 10.4 Å². The van der Waals surface area contributed by atoms with E-state index in [1.54, 1.807) is 73.8 Å². The van der Waals surface area contributed by atoms with Crippen LogP contribution in [0.15, 0.2) is 82.2 Å². The summed E-state index contributed by atoms with van der Waals surface area (Å²) >= 11 is 0. The zero-order valence-electron chi connectivity index (χ0n) is 17.5. The van der Waals surface area contributed by atoms with E-state index >= 15 is 0 Å². The summed E-state index contributed by atoms with van der Waals surface area (Å²) in [7, 11) is 3.08. The lowest BCUT2D eigenvalue weighted by molar-refractivity contribution is 0.0921. The van der Waals surface area contributed by atoms with Crippen LogP contribution in [0.2, 0.25) is 0 Å². The Morgan fingerprint density at radius 2 is 1.56 bits per heavy atom. The van der Waals surface area contributed by atoms with Crippen molar-refractivity contribution in [2.45, 2.75) is 0 Å². The highest BCUT2D eigenvalue weighted by Gasteiger charge is 2.13. The number of carbonyl (C=O) groups is 1. The van der Waals surface area contributed by atoms with Crippen molar-refractivity contribution < 1.29 is 28.2 Å². The molecule has 3 aromatic carbocycles. The minimum atomic E-state index is -0.335. The number of methoxy groups -OCH3 is 2. The summed E-state index contributed by atoms with van der Waals surface area (Å²) in [5, 5.41) is 0.325. The molecule has 32 heavy (non-hydrogen) atoms. The molecule has 0 aliphatic heterocycles. The first-order valence-corrected chi connectivity index (χ1v) is 9.75. The zero-order chi connectivity index (χ0) is 22.5. The van der Waals surface area contributed by atoms with Crippen LogP contribution in [0.25, 0.3) is 11.0 Å². The molecule has 0 unspecified atom stereocenters. The molecule has 0 atom stereocenters. The molecule has 0 aliphatic carbocycles. The largest absolute Gasteiger partial charge is 0.497 e. The second kappa shape index (κ2) is 9.26. The summed E-state index contributed by atoms with van der Waals surface area (Å²) in [4.78, 5) is 25.2. The van der Waals surface area contributed by atoms with Gasteiger partial charge in [0.25, 0.3) is 0 Å². The minimum Gasteiger partial charge on any atom is -0.497 e. The lowest BCUT2D eigenvalue weighted by atomic mass is 10.1. The lowest BCUT2D eigenvalue weighted by Crippen LogP contribution is -2.11. The molecule has 4 rings (SSSR count). The lowest BCUT2D eigenvalue weighted by Gasteiger charge is -2.10. The Balaban J connectivity index is 1.50. The van der Waals surface area contributed by atoms with Crippen LogP contribution in [0.3, 0.4) is 0 Å². The number of fused-ring (bicyclic) bond motifs is 1. The molecule has 0 aliphatic rings. The Morgan fingerprint density at radius 3 is 2.28 bits per heavy atom. The smallest absolute Gasteiger partial charge is 0.235 e. The van der Waals surface area contributed by atoms with Gasteiger partial charge in [-0.05, 0) is 48.5 Å². The number of hydrogen-bond acceptors (Lipinski definition) is 7. The second-order valence-corrected chi connectivity index (χ2v) is 6.78. The van der Waals surface area contributed by atoms with Gasteiger partial charge >= 0.3 is 0 Å². The fraction of sp³-hybridized carbons (Fsp3) is 0.120. The van der Waals surface area contributed by atoms with E-state index in [0.29, 0.717) is 39.5 Å². The Labute approximate surface area is 183 Å². The third kappa shape index (κ3) is 4.41. The van der Waals surface area contributed by atoms with Crippen LogP contribution in [0.5, 0.6) is 28.7 Å². The molecular formula is C25H20O7. The van der Waals surface area contributed by atoms with Crippen molar-refractivity contribution >= 4 is 16.8 Å². The van der Waals surface area contributed by atoms with Gasteiger partial charge in [0.05, 0.1) is 19.6 Å². The van der Waals surface area contributed by atoms with Crippen molar-refractivity contribution in [2.75, 3.05) is 20.8 Å². The maximum absolute atomic E-state index is 12.8. The molecule has 7 nitrogen and oxygen atoms in total. The number of ketones is 1. The van der Waals surface area contributed by atoms with Gasteiger partial charge in [-0.25, -0.2) is 0 Å². The average Bonchev–Trinajstić information content (AvgIpc) is 2.84. The third-order valence-corrected chi connectivity index (χ3v) is 4.79. The van der Waals surface area contributed by atoms with Crippen LogP contribution in [0, 0.1) is 0 Å². The fourth-order valence-electron chi connectivity index (χ4n) is 3.08. The predicted molar refractivity (Wildman–Crippen MR) is 118 cm³/mol. The Hall–Kier alpha value is -4.26. The van der Waals surface area contributed by atoms with Gasteiger partial charge < -0.3 is 23.4 Å². The quantitative estimate of drug-likeness (QED) is 0.368. The van der Waals surface area contributed by atoms with E-state index in [4.69, 9.17) is 23.4 Å². The van der Waals surface area contributed by atoms with Crippen LogP contribution >= 0.6 is 0 Å². The SMILES string of the molecule is COc1ccc(C(=O)COc2ccc3c(=O)c(Oc4ccccc4OC)coc3c2)cc1. The summed E-state index contributed by atoms with van der Waals surface area (Å²) in [6.45, 7) is -0.156. The molecule has 0 saturated carbocycles. The van der Waals surface area contributed by atoms with Gasteiger partial charge in [-0.15, -0.1) is 0 Å². The first-order valence-electron chi connectivity index (χ1n) is 9.75. The van der Waals surface area contributed by atoms with E-state index in [1.165, 1.54) is 13.4 Å². The molecule has 0 N–H and O–H groups in total. The van der Waals surface area contributed by atoms with E-state index < -0.39 is 0 Å². The van der Waals surface area contributed by atoms with Crippen molar-refractivity contribution in [3.8, 4) is 28.7 Å². The molecule has 1 aromatic heterocycles. The summed E-state index contributed by atoms with van der Waals surface area (Å²) in [5.74, 6) is 1.82. The van der Waals surface area contributed by atoms with Crippen LogP contribution in [0.4, 0.5) is 0 Å². The molecule has 1 heterocycles. The minimum absolute atomic E-state index is 0.0327. The topological polar surface area (TPSA) is 84.2 Å². The Morgan fingerprint density at radius 1 is 0.844 bits per heavy atom. The summed E-state index contributed by atoms with van der Waals surface area (Å²) < 4.78 is 27.2. The van der Waals surface area contributed by atoms with E-state index in [0.717, 1.165) is 0 Å². The first kappa shape index (κ1) is 21.0. The van der Waals surface area contributed by atoms with Gasteiger partial charge in [-0.1, -0.05) is 12.1 Å². The summed E-state index contributed by atoms with van der Waals surface area (Å²) in [6, 6.07) is 18.5. The highest BCUT2D eigenvalue weighted by atomic mass is 16.5. The average molecular weight is 432 g/mol. The number of rotatable bonds is 8. The van der Waals surface area contributed by atoms with Crippen molar-refractivity contribution in [2.24, 2.45) is 0 Å². The van der Waals surface area contributed by atoms with Gasteiger partial charge in [0.15, 0.2) is 23.9 Å². The number of hydrogen-bond donors (Lipinski definition) is 0. The van der Waals surface area contributed by atoms with Gasteiger partial charge in [-0.2, -0.15) is 0 Å². The van der Waals surface area contributed by atoms with E-state index in [-0.39, 0.29) is 23.6 Å². The van der Waals surface area contributed by atoms with Gasteiger partial charge in [0.1, 0.15) is 23.3 Å². The molecule has 0 radical (unpaired) electrons.